The highest BCUT2D eigenvalue weighted by Crippen LogP contribution is 2.28. The first-order chi connectivity index (χ1) is 5.58. The van der Waals surface area contributed by atoms with E-state index in [0.717, 1.165) is 5.56 Å². The molecule has 0 aliphatic carbocycles. The maximum atomic E-state index is 9.90. The van der Waals surface area contributed by atoms with Gasteiger partial charge in [-0.25, -0.2) is 0 Å². The minimum atomic E-state index is -0.800. The lowest BCUT2D eigenvalue weighted by atomic mass is 9.92. The Bertz CT molecular complexity index is 268. The SMILES string of the molecule is CC[C@](C)(O)c1ccccc1N. The summed E-state index contributed by atoms with van der Waals surface area (Å²) in [5.41, 5.74) is 6.39. The molecule has 0 amide bonds. The van der Waals surface area contributed by atoms with Gasteiger partial charge in [0.25, 0.3) is 0 Å². The predicted molar refractivity (Wildman–Crippen MR) is 50.7 cm³/mol. The largest absolute Gasteiger partial charge is 0.398 e. The second-order valence-corrected chi connectivity index (χ2v) is 3.21. The van der Waals surface area contributed by atoms with E-state index in [4.69, 9.17) is 5.73 Å². The Hall–Kier alpha value is -1.02. The van der Waals surface area contributed by atoms with Crippen molar-refractivity contribution in [3.05, 3.63) is 29.8 Å². The summed E-state index contributed by atoms with van der Waals surface area (Å²) in [4.78, 5) is 0. The molecule has 0 saturated heterocycles. The normalized spacial score (nSPS) is 15.6. The third-order valence-electron chi connectivity index (χ3n) is 2.23. The van der Waals surface area contributed by atoms with Gasteiger partial charge in [0, 0.05) is 11.3 Å². The molecule has 0 unspecified atom stereocenters. The molecule has 66 valence electrons. The highest BCUT2D eigenvalue weighted by molar-refractivity contribution is 5.49. The van der Waals surface area contributed by atoms with Crippen LogP contribution in [-0.4, -0.2) is 5.11 Å². The van der Waals surface area contributed by atoms with Crippen molar-refractivity contribution in [2.24, 2.45) is 0 Å². The molecule has 0 aliphatic heterocycles. The Morgan fingerprint density at radius 1 is 1.42 bits per heavy atom. The Morgan fingerprint density at radius 3 is 2.50 bits per heavy atom. The lowest BCUT2D eigenvalue weighted by molar-refractivity contribution is 0.0539. The van der Waals surface area contributed by atoms with Crippen molar-refractivity contribution >= 4 is 5.69 Å². The minimum absolute atomic E-state index is 0.657. The molecule has 1 aromatic rings. The predicted octanol–water partition coefficient (Wildman–Crippen LogP) is 1.89. The lowest BCUT2D eigenvalue weighted by Gasteiger charge is -2.23. The minimum Gasteiger partial charge on any atom is -0.398 e. The van der Waals surface area contributed by atoms with Gasteiger partial charge >= 0.3 is 0 Å². The van der Waals surface area contributed by atoms with Gasteiger partial charge in [0.1, 0.15) is 0 Å². The number of nitrogen functional groups attached to an aromatic ring is 1. The molecule has 0 fully saturated rings. The summed E-state index contributed by atoms with van der Waals surface area (Å²) in [5.74, 6) is 0. The Kier molecular flexibility index (Phi) is 2.38. The van der Waals surface area contributed by atoms with Crippen LogP contribution >= 0.6 is 0 Å². The topological polar surface area (TPSA) is 46.2 Å². The fourth-order valence-electron chi connectivity index (χ4n) is 1.18. The zero-order valence-corrected chi connectivity index (χ0v) is 7.54. The first kappa shape index (κ1) is 9.07. The molecule has 0 spiro atoms. The first-order valence-electron chi connectivity index (χ1n) is 4.15. The summed E-state index contributed by atoms with van der Waals surface area (Å²) in [6, 6.07) is 7.42. The third kappa shape index (κ3) is 1.59. The molecule has 2 nitrogen and oxygen atoms in total. The van der Waals surface area contributed by atoms with Crippen molar-refractivity contribution in [3.63, 3.8) is 0 Å². The van der Waals surface area contributed by atoms with Crippen LogP contribution < -0.4 is 5.73 Å². The van der Waals surface area contributed by atoms with Crippen LogP contribution in [-0.2, 0) is 5.60 Å². The van der Waals surface area contributed by atoms with Crippen molar-refractivity contribution in [3.8, 4) is 0 Å². The number of para-hydroxylation sites is 1. The summed E-state index contributed by atoms with van der Waals surface area (Å²) < 4.78 is 0. The number of anilines is 1. The van der Waals surface area contributed by atoms with E-state index in [0.29, 0.717) is 12.1 Å². The Labute approximate surface area is 73.0 Å². The molecule has 0 heterocycles. The van der Waals surface area contributed by atoms with Gasteiger partial charge in [0.15, 0.2) is 0 Å². The quantitative estimate of drug-likeness (QED) is 0.657. The van der Waals surface area contributed by atoms with E-state index < -0.39 is 5.60 Å². The van der Waals surface area contributed by atoms with Gasteiger partial charge < -0.3 is 10.8 Å². The number of nitrogens with two attached hydrogens (primary N) is 1. The van der Waals surface area contributed by atoms with Crippen molar-refractivity contribution in [2.75, 3.05) is 5.73 Å². The van der Waals surface area contributed by atoms with Gasteiger partial charge in [-0.05, 0) is 19.4 Å². The third-order valence-corrected chi connectivity index (χ3v) is 2.23. The van der Waals surface area contributed by atoms with Crippen LogP contribution in [0.5, 0.6) is 0 Å². The summed E-state index contributed by atoms with van der Waals surface area (Å²) in [6.45, 7) is 3.71. The van der Waals surface area contributed by atoms with Gasteiger partial charge in [-0.1, -0.05) is 25.1 Å². The average molecular weight is 165 g/mol. The second kappa shape index (κ2) is 3.15. The van der Waals surface area contributed by atoms with Crippen molar-refractivity contribution in [2.45, 2.75) is 25.9 Å². The van der Waals surface area contributed by atoms with Gasteiger partial charge in [0.2, 0.25) is 0 Å². The highest BCUT2D eigenvalue weighted by atomic mass is 16.3. The zero-order valence-electron chi connectivity index (χ0n) is 7.54. The van der Waals surface area contributed by atoms with E-state index >= 15 is 0 Å². The highest BCUT2D eigenvalue weighted by Gasteiger charge is 2.21. The molecule has 0 aliphatic rings. The number of hydrogen-bond acceptors (Lipinski definition) is 2. The molecule has 1 atom stereocenters. The summed E-state index contributed by atoms with van der Waals surface area (Å²) in [7, 11) is 0. The molecule has 0 aromatic heterocycles. The van der Waals surface area contributed by atoms with E-state index in [9.17, 15) is 5.11 Å². The second-order valence-electron chi connectivity index (χ2n) is 3.21. The molecule has 1 aromatic carbocycles. The molecule has 2 heteroatoms. The maximum Gasteiger partial charge on any atom is 0.0885 e. The zero-order chi connectivity index (χ0) is 9.19. The number of rotatable bonds is 2. The Balaban J connectivity index is 3.10. The average Bonchev–Trinajstić information content (AvgIpc) is 2.05. The van der Waals surface area contributed by atoms with Gasteiger partial charge in [-0.15, -0.1) is 0 Å². The summed E-state index contributed by atoms with van der Waals surface area (Å²) >= 11 is 0. The van der Waals surface area contributed by atoms with E-state index in [1.54, 1.807) is 13.0 Å². The lowest BCUT2D eigenvalue weighted by Crippen LogP contribution is -2.21. The molecule has 0 radical (unpaired) electrons. The van der Waals surface area contributed by atoms with Crippen LogP contribution in [0.25, 0.3) is 0 Å². The van der Waals surface area contributed by atoms with Crippen molar-refractivity contribution < 1.29 is 5.11 Å². The fraction of sp³-hybridized carbons (Fsp3) is 0.400. The van der Waals surface area contributed by atoms with Crippen LogP contribution in [0.4, 0.5) is 5.69 Å². The number of benzene rings is 1. The van der Waals surface area contributed by atoms with Crippen LogP contribution in [0.2, 0.25) is 0 Å². The molecule has 0 saturated carbocycles. The molecule has 1 rings (SSSR count). The molecular formula is C10H15NO. The van der Waals surface area contributed by atoms with Crippen molar-refractivity contribution in [1.29, 1.82) is 0 Å². The summed E-state index contributed by atoms with van der Waals surface area (Å²) in [6.07, 6.45) is 0.668. The van der Waals surface area contributed by atoms with Crippen molar-refractivity contribution in [1.82, 2.24) is 0 Å². The van der Waals surface area contributed by atoms with E-state index in [1.165, 1.54) is 0 Å². The van der Waals surface area contributed by atoms with E-state index in [2.05, 4.69) is 0 Å². The van der Waals surface area contributed by atoms with Crippen LogP contribution in [0.3, 0.4) is 0 Å². The maximum absolute atomic E-state index is 9.90. The Morgan fingerprint density at radius 2 is 2.00 bits per heavy atom. The van der Waals surface area contributed by atoms with Gasteiger partial charge in [-0.3, -0.25) is 0 Å². The molecule has 12 heavy (non-hydrogen) atoms. The van der Waals surface area contributed by atoms with E-state index in [1.807, 2.05) is 25.1 Å². The monoisotopic (exact) mass is 165 g/mol. The molecule has 0 bridgehead atoms. The standard InChI is InChI=1S/C10H15NO/c1-3-10(2,12)8-6-4-5-7-9(8)11/h4-7,12H,3,11H2,1-2H3/t10-/m0/s1. The molecular weight excluding hydrogens is 150 g/mol. The first-order valence-corrected chi connectivity index (χ1v) is 4.15. The van der Waals surface area contributed by atoms with Crippen LogP contribution in [0, 0.1) is 0 Å². The fourth-order valence-corrected chi connectivity index (χ4v) is 1.18. The van der Waals surface area contributed by atoms with Crippen LogP contribution in [0.15, 0.2) is 24.3 Å². The van der Waals surface area contributed by atoms with Gasteiger partial charge in [0.05, 0.1) is 5.60 Å². The summed E-state index contributed by atoms with van der Waals surface area (Å²) in [5, 5.41) is 9.90. The van der Waals surface area contributed by atoms with Gasteiger partial charge in [-0.2, -0.15) is 0 Å². The van der Waals surface area contributed by atoms with Crippen LogP contribution in [0.1, 0.15) is 25.8 Å². The molecule has 3 N–H and O–H groups in total. The van der Waals surface area contributed by atoms with E-state index in [-0.39, 0.29) is 0 Å². The number of hydrogen-bond donors (Lipinski definition) is 2. The smallest absolute Gasteiger partial charge is 0.0885 e. The number of aliphatic hydroxyl groups is 1.